The van der Waals surface area contributed by atoms with E-state index in [4.69, 9.17) is 9.47 Å². The van der Waals surface area contributed by atoms with Crippen LogP contribution in [0.25, 0.3) is 0 Å². The van der Waals surface area contributed by atoms with Crippen LogP contribution in [0.3, 0.4) is 0 Å². The van der Waals surface area contributed by atoms with Gasteiger partial charge in [0.2, 0.25) is 0 Å². The summed E-state index contributed by atoms with van der Waals surface area (Å²) in [7, 11) is 4.04. The van der Waals surface area contributed by atoms with Crippen molar-refractivity contribution in [3.05, 3.63) is 74.8 Å². The fourth-order valence-electron chi connectivity index (χ4n) is 5.35. The highest BCUT2D eigenvalue weighted by Gasteiger charge is 2.42. The molecule has 0 amide bonds. The van der Waals surface area contributed by atoms with Crippen molar-refractivity contribution < 1.29 is 19.1 Å². The third-order valence-electron chi connectivity index (χ3n) is 7.18. The Bertz CT molecular complexity index is 1160. The Morgan fingerprint density at radius 2 is 2.00 bits per heavy atom. The average Bonchev–Trinajstić information content (AvgIpc) is 3.56. The second-order valence-electron chi connectivity index (χ2n) is 9.75. The van der Waals surface area contributed by atoms with Gasteiger partial charge in [-0.05, 0) is 61.2 Å². The Morgan fingerprint density at radius 3 is 2.66 bits per heavy atom. The molecule has 5 rings (SSSR count). The molecule has 2 aromatic rings. The van der Waals surface area contributed by atoms with Gasteiger partial charge in [-0.1, -0.05) is 18.2 Å². The number of rotatable bonds is 6. The lowest BCUT2D eigenvalue weighted by atomic mass is 9.73. The Balaban J connectivity index is 1.43. The van der Waals surface area contributed by atoms with E-state index in [0.29, 0.717) is 24.2 Å². The molecule has 1 saturated heterocycles. The Hall–Kier alpha value is -2.90. The molecule has 0 unspecified atom stereocenters. The first-order valence-corrected chi connectivity index (χ1v) is 13.1. The lowest BCUT2D eigenvalue weighted by Crippen LogP contribution is -2.36. The van der Waals surface area contributed by atoms with Gasteiger partial charge in [-0.3, -0.25) is 4.79 Å². The van der Waals surface area contributed by atoms with E-state index in [1.807, 2.05) is 38.5 Å². The van der Waals surface area contributed by atoms with Crippen LogP contribution in [0.2, 0.25) is 0 Å². The van der Waals surface area contributed by atoms with Gasteiger partial charge in [0.25, 0.3) is 0 Å². The molecular weight excluding hydrogens is 460 g/mol. The number of carbonyl (C=O) groups is 2. The summed E-state index contributed by atoms with van der Waals surface area (Å²) < 4.78 is 11.3. The third-order valence-corrected chi connectivity index (χ3v) is 8.12. The third kappa shape index (κ3) is 4.80. The van der Waals surface area contributed by atoms with E-state index in [2.05, 4.69) is 34.5 Å². The number of dihydropyridines is 1. The predicted molar refractivity (Wildman–Crippen MR) is 138 cm³/mol. The lowest BCUT2D eigenvalue weighted by Gasteiger charge is -2.36. The minimum Gasteiger partial charge on any atom is -0.459 e. The van der Waals surface area contributed by atoms with Gasteiger partial charge in [0.1, 0.15) is 6.61 Å². The van der Waals surface area contributed by atoms with Gasteiger partial charge < -0.3 is 19.7 Å². The maximum absolute atomic E-state index is 13.6. The highest BCUT2D eigenvalue weighted by Crippen LogP contribution is 2.46. The van der Waals surface area contributed by atoms with Crippen LogP contribution < -0.4 is 10.2 Å². The Morgan fingerprint density at radius 1 is 1.20 bits per heavy atom. The van der Waals surface area contributed by atoms with Gasteiger partial charge in [0.05, 0.1) is 17.6 Å². The molecule has 0 saturated carbocycles. The summed E-state index contributed by atoms with van der Waals surface area (Å²) in [6, 6.07) is 12.4. The normalized spacial score (nSPS) is 24.3. The SMILES string of the molecule is CC1=C(C(=O)OC[C@@H]2CCCO2)[C@@H](c2cccs2)C2=C(C[C@@H](c3ccc(N(C)C)cc3)CC2=O)N1. The fourth-order valence-corrected chi connectivity index (χ4v) is 6.20. The van der Waals surface area contributed by atoms with Crippen molar-refractivity contribution in [3.63, 3.8) is 0 Å². The standard InChI is InChI=1S/C28H32N2O4S/c1-17-25(28(32)34-16-21-6-4-12-33-21)27(24-7-5-13-35-24)26-22(29-17)14-19(15-23(26)31)18-8-10-20(11-9-18)30(2)3/h5,7-11,13,19,21,27,29H,4,6,12,14-16H2,1-3H3/t19-,21+,27-/m1/s1. The zero-order valence-electron chi connectivity index (χ0n) is 20.5. The second-order valence-corrected chi connectivity index (χ2v) is 10.7. The summed E-state index contributed by atoms with van der Waals surface area (Å²) in [5.41, 5.74) is 5.22. The molecule has 7 heteroatoms. The number of benzene rings is 1. The van der Waals surface area contributed by atoms with Crippen LogP contribution in [0, 0.1) is 0 Å². The summed E-state index contributed by atoms with van der Waals surface area (Å²) >= 11 is 1.57. The Labute approximate surface area is 210 Å². The molecule has 184 valence electrons. The maximum Gasteiger partial charge on any atom is 0.336 e. The number of esters is 1. The van der Waals surface area contributed by atoms with Crippen LogP contribution in [0.4, 0.5) is 5.69 Å². The van der Waals surface area contributed by atoms with Gasteiger partial charge in [0, 0.05) is 54.7 Å². The molecule has 0 bridgehead atoms. The number of anilines is 1. The minimum atomic E-state index is -0.396. The number of Topliss-reactive ketones (excluding diaryl/α,β-unsaturated/α-hetero) is 1. The molecule has 1 aromatic heterocycles. The van der Waals surface area contributed by atoms with Crippen LogP contribution in [-0.2, 0) is 19.1 Å². The number of nitrogens with one attached hydrogen (secondary N) is 1. The van der Waals surface area contributed by atoms with Crippen LogP contribution in [0.5, 0.6) is 0 Å². The zero-order chi connectivity index (χ0) is 24.5. The van der Waals surface area contributed by atoms with E-state index in [1.54, 1.807) is 11.3 Å². The average molecular weight is 493 g/mol. The molecule has 1 aliphatic carbocycles. The summed E-state index contributed by atoms with van der Waals surface area (Å²) in [5, 5.41) is 5.42. The van der Waals surface area contributed by atoms with Gasteiger partial charge in [-0.25, -0.2) is 4.79 Å². The number of thiophene rings is 1. The van der Waals surface area contributed by atoms with Crippen LogP contribution >= 0.6 is 11.3 Å². The minimum absolute atomic E-state index is 0.0395. The number of allylic oxidation sites excluding steroid dienone is 3. The lowest BCUT2D eigenvalue weighted by molar-refractivity contribution is -0.142. The van der Waals surface area contributed by atoms with Crippen LogP contribution in [0.1, 0.15) is 54.9 Å². The van der Waals surface area contributed by atoms with E-state index in [1.165, 1.54) is 0 Å². The van der Waals surface area contributed by atoms with Crippen molar-refractivity contribution in [3.8, 4) is 0 Å². The van der Waals surface area contributed by atoms with Crippen LogP contribution in [-0.4, -0.2) is 45.2 Å². The molecule has 35 heavy (non-hydrogen) atoms. The number of ether oxygens (including phenoxy) is 2. The monoisotopic (exact) mass is 492 g/mol. The summed E-state index contributed by atoms with van der Waals surface area (Å²) in [5.74, 6) is -0.567. The maximum atomic E-state index is 13.6. The molecule has 6 nitrogen and oxygen atoms in total. The van der Waals surface area contributed by atoms with Crippen molar-refractivity contribution in [2.24, 2.45) is 0 Å². The first-order valence-electron chi connectivity index (χ1n) is 12.3. The second kappa shape index (κ2) is 9.99. The molecule has 1 fully saturated rings. The van der Waals surface area contributed by atoms with Crippen molar-refractivity contribution >= 4 is 28.8 Å². The molecule has 3 atom stereocenters. The Kier molecular flexibility index (Phi) is 6.80. The van der Waals surface area contributed by atoms with Gasteiger partial charge in [-0.2, -0.15) is 0 Å². The molecule has 0 spiro atoms. The smallest absolute Gasteiger partial charge is 0.336 e. The topological polar surface area (TPSA) is 67.9 Å². The molecular formula is C28H32N2O4S. The van der Waals surface area contributed by atoms with Crippen molar-refractivity contribution in [2.45, 2.75) is 50.5 Å². The van der Waals surface area contributed by atoms with E-state index in [-0.39, 0.29) is 30.4 Å². The summed E-state index contributed by atoms with van der Waals surface area (Å²) in [4.78, 5) is 30.0. The molecule has 2 aliphatic heterocycles. The fraction of sp³-hybridized carbons (Fsp3) is 0.429. The number of nitrogens with zero attached hydrogens (tertiary/aromatic N) is 1. The largest absolute Gasteiger partial charge is 0.459 e. The van der Waals surface area contributed by atoms with Crippen molar-refractivity contribution in [1.82, 2.24) is 5.32 Å². The molecule has 3 heterocycles. The first kappa shape index (κ1) is 23.8. The summed E-state index contributed by atoms with van der Waals surface area (Å²) in [6.07, 6.45) is 3.03. The van der Waals surface area contributed by atoms with Crippen LogP contribution in [0.15, 0.2) is 64.3 Å². The molecule has 0 radical (unpaired) electrons. The van der Waals surface area contributed by atoms with Crippen molar-refractivity contribution in [1.29, 1.82) is 0 Å². The van der Waals surface area contributed by atoms with Crippen molar-refractivity contribution in [2.75, 3.05) is 32.2 Å². The van der Waals surface area contributed by atoms with E-state index >= 15 is 0 Å². The number of hydrogen-bond donors (Lipinski definition) is 1. The van der Waals surface area contributed by atoms with E-state index < -0.39 is 5.92 Å². The predicted octanol–water partition coefficient (Wildman–Crippen LogP) is 4.90. The van der Waals surface area contributed by atoms with E-state index in [9.17, 15) is 9.59 Å². The summed E-state index contributed by atoms with van der Waals surface area (Å²) in [6.45, 7) is 2.87. The number of hydrogen-bond acceptors (Lipinski definition) is 7. The first-order chi connectivity index (χ1) is 16.9. The number of ketones is 1. The molecule has 1 N–H and O–H groups in total. The van der Waals surface area contributed by atoms with Gasteiger partial charge in [0.15, 0.2) is 5.78 Å². The highest BCUT2D eigenvalue weighted by atomic mass is 32.1. The molecule has 1 aromatic carbocycles. The van der Waals surface area contributed by atoms with Gasteiger partial charge >= 0.3 is 5.97 Å². The highest BCUT2D eigenvalue weighted by molar-refractivity contribution is 7.10. The zero-order valence-corrected chi connectivity index (χ0v) is 21.3. The van der Waals surface area contributed by atoms with E-state index in [0.717, 1.165) is 46.8 Å². The number of carbonyl (C=O) groups excluding carboxylic acids is 2. The quantitative estimate of drug-likeness (QED) is 0.579. The van der Waals surface area contributed by atoms with Gasteiger partial charge in [-0.15, -0.1) is 11.3 Å². The molecule has 3 aliphatic rings.